The summed E-state index contributed by atoms with van der Waals surface area (Å²) >= 11 is 0. The van der Waals surface area contributed by atoms with Gasteiger partial charge < -0.3 is 14.6 Å². The number of amides is 1. The van der Waals surface area contributed by atoms with Crippen LogP contribution < -0.4 is 10.1 Å². The molecule has 0 aliphatic carbocycles. The number of benzene rings is 2. The lowest BCUT2D eigenvalue weighted by Crippen LogP contribution is -2.17. The monoisotopic (exact) mass is 337 g/mol. The lowest BCUT2D eigenvalue weighted by atomic mass is 10.1. The highest BCUT2D eigenvalue weighted by atomic mass is 16.5. The van der Waals surface area contributed by atoms with Gasteiger partial charge in [-0.25, -0.2) is 0 Å². The highest BCUT2D eigenvalue weighted by Gasteiger charge is 2.15. The van der Waals surface area contributed by atoms with Crippen LogP contribution in [-0.2, 0) is 4.79 Å². The first-order valence-electron chi connectivity index (χ1n) is 7.97. The summed E-state index contributed by atoms with van der Waals surface area (Å²) in [4.78, 5) is 16.3. The number of para-hydroxylation sites is 1. The van der Waals surface area contributed by atoms with E-state index in [1.165, 1.54) is 0 Å². The normalized spacial score (nSPS) is 10.7. The molecule has 1 amide bonds. The van der Waals surface area contributed by atoms with Gasteiger partial charge in [0.2, 0.25) is 11.7 Å². The van der Waals surface area contributed by atoms with Crippen LogP contribution in [0.1, 0.15) is 13.8 Å². The molecule has 1 N–H and O–H groups in total. The first kappa shape index (κ1) is 16.7. The molecule has 0 bridgehead atoms. The molecule has 0 atom stereocenters. The summed E-state index contributed by atoms with van der Waals surface area (Å²) in [6, 6.07) is 14.8. The molecular weight excluding hydrogens is 318 g/mol. The number of hydrogen-bond donors (Lipinski definition) is 1. The molecule has 3 rings (SSSR count). The van der Waals surface area contributed by atoms with E-state index in [0.29, 0.717) is 23.2 Å². The second kappa shape index (κ2) is 7.17. The van der Waals surface area contributed by atoms with Crippen LogP contribution >= 0.6 is 0 Å². The second-order valence-corrected chi connectivity index (χ2v) is 5.85. The molecule has 0 aliphatic heterocycles. The summed E-state index contributed by atoms with van der Waals surface area (Å²) in [5.41, 5.74) is 2.17. The molecule has 6 heteroatoms. The zero-order valence-electron chi connectivity index (χ0n) is 14.3. The maximum atomic E-state index is 11.8. The summed E-state index contributed by atoms with van der Waals surface area (Å²) in [5.74, 6) is 1.36. The van der Waals surface area contributed by atoms with Gasteiger partial charge in [0, 0.05) is 17.2 Å². The fourth-order valence-corrected chi connectivity index (χ4v) is 2.30. The Morgan fingerprint density at radius 2 is 1.96 bits per heavy atom. The summed E-state index contributed by atoms with van der Waals surface area (Å²) in [7, 11) is 1.60. The van der Waals surface area contributed by atoms with Gasteiger partial charge in [-0.15, -0.1) is 0 Å². The van der Waals surface area contributed by atoms with E-state index in [0.717, 1.165) is 11.1 Å². The summed E-state index contributed by atoms with van der Waals surface area (Å²) < 4.78 is 10.7. The van der Waals surface area contributed by atoms with Crippen LogP contribution in [0.25, 0.3) is 22.8 Å². The highest BCUT2D eigenvalue weighted by molar-refractivity contribution is 5.92. The van der Waals surface area contributed by atoms with Crippen molar-refractivity contribution in [2.45, 2.75) is 13.8 Å². The van der Waals surface area contributed by atoms with Gasteiger partial charge in [0.1, 0.15) is 5.75 Å². The van der Waals surface area contributed by atoms with Gasteiger partial charge in [0.25, 0.3) is 5.89 Å². The minimum Gasteiger partial charge on any atom is -0.496 e. The number of anilines is 1. The molecule has 128 valence electrons. The highest BCUT2D eigenvalue weighted by Crippen LogP contribution is 2.29. The van der Waals surface area contributed by atoms with Crippen LogP contribution in [0, 0.1) is 5.92 Å². The lowest BCUT2D eigenvalue weighted by molar-refractivity contribution is -0.118. The van der Waals surface area contributed by atoms with Gasteiger partial charge >= 0.3 is 0 Å². The van der Waals surface area contributed by atoms with E-state index in [2.05, 4.69) is 15.5 Å². The van der Waals surface area contributed by atoms with Crippen molar-refractivity contribution in [3.8, 4) is 28.6 Å². The molecule has 1 heterocycles. The average Bonchev–Trinajstić information content (AvgIpc) is 3.11. The van der Waals surface area contributed by atoms with Gasteiger partial charge in [0.15, 0.2) is 0 Å². The maximum Gasteiger partial charge on any atom is 0.258 e. The van der Waals surface area contributed by atoms with Gasteiger partial charge in [-0.05, 0) is 30.3 Å². The van der Waals surface area contributed by atoms with Gasteiger partial charge in [-0.2, -0.15) is 4.98 Å². The van der Waals surface area contributed by atoms with E-state index < -0.39 is 0 Å². The van der Waals surface area contributed by atoms with E-state index in [1.807, 2.05) is 56.3 Å². The number of ether oxygens (including phenoxy) is 1. The second-order valence-electron chi connectivity index (χ2n) is 5.85. The van der Waals surface area contributed by atoms with Crippen LogP contribution in [-0.4, -0.2) is 23.2 Å². The number of methoxy groups -OCH3 is 1. The fourth-order valence-electron chi connectivity index (χ4n) is 2.30. The number of carbonyl (C=O) groups is 1. The standard InChI is InChI=1S/C19H19N3O3/c1-12(2)18(23)20-14-8-6-7-13(11-14)19-21-17(22-25-19)15-9-4-5-10-16(15)24-3/h4-12H,1-3H3,(H,20,23). The molecule has 0 aliphatic rings. The smallest absolute Gasteiger partial charge is 0.258 e. The first-order valence-corrected chi connectivity index (χ1v) is 7.97. The van der Waals surface area contributed by atoms with Crippen molar-refractivity contribution in [1.82, 2.24) is 10.1 Å². The molecule has 0 fully saturated rings. The minimum atomic E-state index is -0.0933. The predicted molar refractivity (Wildman–Crippen MR) is 95.2 cm³/mol. The lowest BCUT2D eigenvalue weighted by Gasteiger charge is -2.08. The number of hydrogen-bond acceptors (Lipinski definition) is 5. The number of nitrogens with one attached hydrogen (secondary N) is 1. The molecule has 0 unspecified atom stereocenters. The molecule has 2 aromatic carbocycles. The Labute approximate surface area is 145 Å². The molecule has 0 saturated carbocycles. The predicted octanol–water partition coefficient (Wildman–Crippen LogP) is 4.01. The first-order chi connectivity index (χ1) is 12.1. The molecule has 25 heavy (non-hydrogen) atoms. The average molecular weight is 337 g/mol. The third kappa shape index (κ3) is 3.68. The number of nitrogens with zero attached hydrogens (tertiary/aromatic N) is 2. The summed E-state index contributed by atoms with van der Waals surface area (Å²) in [6.07, 6.45) is 0. The zero-order valence-corrected chi connectivity index (χ0v) is 14.3. The molecule has 0 spiro atoms. The minimum absolute atomic E-state index is 0.0441. The zero-order chi connectivity index (χ0) is 17.8. The largest absolute Gasteiger partial charge is 0.496 e. The van der Waals surface area contributed by atoms with Crippen LogP contribution in [0.15, 0.2) is 53.1 Å². The molecule has 1 aromatic heterocycles. The Hall–Kier alpha value is -3.15. The van der Waals surface area contributed by atoms with Gasteiger partial charge in [-0.1, -0.05) is 37.2 Å². The van der Waals surface area contributed by atoms with Crippen molar-refractivity contribution in [3.05, 3.63) is 48.5 Å². The fraction of sp³-hybridized carbons (Fsp3) is 0.211. The quantitative estimate of drug-likeness (QED) is 0.761. The van der Waals surface area contributed by atoms with Crippen LogP contribution in [0.2, 0.25) is 0 Å². The Morgan fingerprint density at radius 3 is 2.72 bits per heavy atom. The van der Waals surface area contributed by atoms with Crippen molar-refractivity contribution in [2.75, 3.05) is 12.4 Å². The van der Waals surface area contributed by atoms with E-state index in [4.69, 9.17) is 9.26 Å². The number of carbonyl (C=O) groups excluding carboxylic acids is 1. The van der Waals surface area contributed by atoms with Crippen molar-refractivity contribution in [2.24, 2.45) is 5.92 Å². The Balaban J connectivity index is 1.89. The van der Waals surface area contributed by atoms with Crippen molar-refractivity contribution < 1.29 is 14.1 Å². The van der Waals surface area contributed by atoms with Crippen LogP contribution in [0.4, 0.5) is 5.69 Å². The van der Waals surface area contributed by atoms with Crippen molar-refractivity contribution in [3.63, 3.8) is 0 Å². The summed E-state index contributed by atoms with van der Waals surface area (Å²) in [5, 5.41) is 6.90. The van der Waals surface area contributed by atoms with Crippen LogP contribution in [0.3, 0.4) is 0 Å². The van der Waals surface area contributed by atoms with E-state index in [1.54, 1.807) is 13.2 Å². The maximum absolute atomic E-state index is 11.8. The van der Waals surface area contributed by atoms with Gasteiger partial charge in [0.05, 0.1) is 12.7 Å². The molecule has 3 aromatic rings. The topological polar surface area (TPSA) is 77.3 Å². The third-order valence-corrected chi connectivity index (χ3v) is 3.68. The number of aromatic nitrogens is 2. The van der Waals surface area contributed by atoms with Crippen molar-refractivity contribution >= 4 is 11.6 Å². The third-order valence-electron chi connectivity index (χ3n) is 3.68. The number of rotatable bonds is 5. The Bertz CT molecular complexity index is 887. The van der Waals surface area contributed by atoms with E-state index in [-0.39, 0.29) is 11.8 Å². The van der Waals surface area contributed by atoms with E-state index in [9.17, 15) is 4.79 Å². The molecule has 0 radical (unpaired) electrons. The molecule has 0 saturated heterocycles. The van der Waals surface area contributed by atoms with Crippen LogP contribution in [0.5, 0.6) is 5.75 Å². The summed E-state index contributed by atoms with van der Waals surface area (Å²) in [6.45, 7) is 3.69. The van der Waals surface area contributed by atoms with Crippen molar-refractivity contribution in [1.29, 1.82) is 0 Å². The molecule has 6 nitrogen and oxygen atoms in total. The SMILES string of the molecule is COc1ccccc1-c1noc(-c2cccc(NC(=O)C(C)C)c2)n1. The Kier molecular flexibility index (Phi) is 4.79. The Morgan fingerprint density at radius 1 is 1.16 bits per heavy atom. The van der Waals surface area contributed by atoms with E-state index >= 15 is 0 Å². The molecular formula is C19H19N3O3. The van der Waals surface area contributed by atoms with Gasteiger partial charge in [-0.3, -0.25) is 4.79 Å².